The number of aryl methyl sites for hydroxylation is 6. The van der Waals surface area contributed by atoms with Crippen LogP contribution in [0.3, 0.4) is 0 Å². The first-order chi connectivity index (χ1) is 11.3. The first-order valence-electron chi connectivity index (χ1n) is 8.16. The molecule has 126 valence electrons. The fraction of sp³-hybridized carbons (Fsp3) is 0.300. The number of anilines is 2. The molecule has 3 rings (SSSR count). The molecule has 0 saturated carbocycles. The molecule has 0 radical (unpaired) electrons. The Morgan fingerprint density at radius 2 is 1.12 bits per heavy atom. The van der Waals surface area contributed by atoms with Crippen molar-refractivity contribution in [1.82, 2.24) is 5.53 Å². The number of benzene rings is 2. The van der Waals surface area contributed by atoms with E-state index in [2.05, 4.69) is 71.3 Å². The van der Waals surface area contributed by atoms with E-state index in [9.17, 15) is 0 Å². The van der Waals surface area contributed by atoms with Crippen molar-refractivity contribution in [3.63, 3.8) is 0 Å². The Balaban J connectivity index is 2.00. The van der Waals surface area contributed by atoms with Crippen LogP contribution in [0.25, 0.3) is 0 Å². The van der Waals surface area contributed by atoms with E-state index in [1.165, 1.54) is 33.4 Å². The molecule has 0 aromatic heterocycles. The van der Waals surface area contributed by atoms with Crippen LogP contribution >= 0.6 is 11.6 Å². The van der Waals surface area contributed by atoms with Gasteiger partial charge < -0.3 is 0 Å². The zero-order chi connectivity index (χ0) is 17.6. The molecule has 0 aliphatic carbocycles. The number of hydrazine groups is 2. The summed E-state index contributed by atoms with van der Waals surface area (Å²) in [5, 5.41) is 4.61. The second-order valence-electron chi connectivity index (χ2n) is 6.75. The average Bonchev–Trinajstić information content (AvgIpc) is 2.78. The molecule has 1 aliphatic heterocycles. The third kappa shape index (κ3) is 2.90. The van der Waals surface area contributed by atoms with Gasteiger partial charge in [0.15, 0.2) is 0 Å². The maximum Gasteiger partial charge on any atom is 0.143 e. The van der Waals surface area contributed by atoms with Crippen molar-refractivity contribution < 1.29 is 0 Å². The lowest BCUT2D eigenvalue weighted by Crippen LogP contribution is -2.41. The second kappa shape index (κ2) is 6.15. The fourth-order valence-corrected chi connectivity index (χ4v) is 3.92. The molecule has 0 bridgehead atoms. The van der Waals surface area contributed by atoms with Crippen LogP contribution in [0.2, 0.25) is 0 Å². The van der Waals surface area contributed by atoms with Crippen LogP contribution in [0.5, 0.6) is 0 Å². The summed E-state index contributed by atoms with van der Waals surface area (Å²) in [4.78, 5) is 0. The lowest BCUT2D eigenvalue weighted by molar-refractivity contribution is 0.743. The van der Waals surface area contributed by atoms with Crippen LogP contribution in [0.1, 0.15) is 33.4 Å². The Bertz CT molecular complexity index is 793. The molecule has 0 fully saturated rings. The van der Waals surface area contributed by atoms with Gasteiger partial charge in [-0.1, -0.05) is 47.0 Å². The summed E-state index contributed by atoms with van der Waals surface area (Å²) in [6, 6.07) is 8.74. The summed E-state index contributed by atoms with van der Waals surface area (Å²) < 4.78 is 0. The predicted molar refractivity (Wildman–Crippen MR) is 103 cm³/mol. The van der Waals surface area contributed by atoms with Crippen molar-refractivity contribution in [3.8, 4) is 0 Å². The maximum absolute atomic E-state index is 6.56. The molecule has 3 nitrogen and oxygen atoms in total. The summed E-state index contributed by atoms with van der Waals surface area (Å²) in [7, 11) is 0. The van der Waals surface area contributed by atoms with Crippen LogP contribution in [0.15, 0.2) is 35.6 Å². The zero-order valence-corrected chi connectivity index (χ0v) is 15.9. The van der Waals surface area contributed by atoms with Gasteiger partial charge in [0.25, 0.3) is 0 Å². The number of hydrogen-bond acceptors (Lipinski definition) is 3. The highest BCUT2D eigenvalue weighted by Crippen LogP contribution is 2.35. The Hall–Kier alpha value is -1.97. The van der Waals surface area contributed by atoms with Gasteiger partial charge in [0.1, 0.15) is 5.16 Å². The smallest absolute Gasteiger partial charge is 0.143 e. The molecule has 0 saturated heterocycles. The zero-order valence-electron chi connectivity index (χ0n) is 15.2. The van der Waals surface area contributed by atoms with E-state index in [4.69, 9.17) is 11.6 Å². The number of hydrogen-bond donors (Lipinski definition) is 1. The number of nitrogens with zero attached hydrogens (tertiary/aromatic N) is 2. The minimum absolute atomic E-state index is 0.657. The minimum Gasteiger partial charge on any atom is -0.262 e. The molecule has 0 unspecified atom stereocenters. The number of halogens is 1. The Morgan fingerprint density at radius 3 is 1.58 bits per heavy atom. The van der Waals surface area contributed by atoms with Crippen molar-refractivity contribution >= 4 is 23.0 Å². The molecule has 0 atom stereocenters. The van der Waals surface area contributed by atoms with E-state index >= 15 is 0 Å². The second-order valence-corrected chi connectivity index (χ2v) is 7.14. The molecule has 1 aliphatic rings. The van der Waals surface area contributed by atoms with Gasteiger partial charge in [-0.2, -0.15) is 0 Å². The Labute approximate surface area is 149 Å². The molecular formula is C20H24ClN3. The predicted octanol–water partition coefficient (Wildman–Crippen LogP) is 5.32. The SMILES string of the molecule is Cc1cc(C)c(N2C=C(Cl)N(c3c(C)cc(C)cc3C)N2)c(C)c1. The van der Waals surface area contributed by atoms with Gasteiger partial charge in [-0.15, -0.1) is 5.53 Å². The van der Waals surface area contributed by atoms with Crippen LogP contribution in [-0.4, -0.2) is 0 Å². The molecule has 2 aromatic rings. The van der Waals surface area contributed by atoms with Gasteiger partial charge in [-0.05, 0) is 63.8 Å². The summed E-state index contributed by atoms with van der Waals surface area (Å²) in [5.41, 5.74) is 13.0. The van der Waals surface area contributed by atoms with E-state index in [1.54, 1.807) is 0 Å². The van der Waals surface area contributed by atoms with Crippen molar-refractivity contribution in [3.05, 3.63) is 69.0 Å². The third-order valence-electron chi connectivity index (χ3n) is 4.39. The van der Waals surface area contributed by atoms with Crippen LogP contribution in [0, 0.1) is 41.5 Å². The van der Waals surface area contributed by atoms with Gasteiger partial charge in [0, 0.05) is 0 Å². The first kappa shape index (κ1) is 16.9. The fourth-order valence-electron chi connectivity index (χ4n) is 3.70. The van der Waals surface area contributed by atoms with E-state index < -0.39 is 0 Å². The number of nitrogens with one attached hydrogen (secondary N) is 1. The Morgan fingerprint density at radius 1 is 0.708 bits per heavy atom. The quantitative estimate of drug-likeness (QED) is 0.746. The summed E-state index contributed by atoms with van der Waals surface area (Å²) >= 11 is 6.56. The highest BCUT2D eigenvalue weighted by molar-refractivity contribution is 6.31. The Kier molecular flexibility index (Phi) is 4.33. The van der Waals surface area contributed by atoms with Gasteiger partial charge in [-0.3, -0.25) is 5.01 Å². The monoisotopic (exact) mass is 341 g/mol. The van der Waals surface area contributed by atoms with E-state index in [-0.39, 0.29) is 0 Å². The molecule has 4 heteroatoms. The minimum atomic E-state index is 0.657. The van der Waals surface area contributed by atoms with Gasteiger partial charge in [0.05, 0.1) is 17.6 Å². The highest BCUT2D eigenvalue weighted by atomic mass is 35.5. The van der Waals surface area contributed by atoms with E-state index in [0.717, 1.165) is 11.4 Å². The molecule has 0 amide bonds. The lowest BCUT2D eigenvalue weighted by Gasteiger charge is -2.28. The summed E-state index contributed by atoms with van der Waals surface area (Å²) in [5.74, 6) is 0. The van der Waals surface area contributed by atoms with Crippen molar-refractivity contribution in [2.24, 2.45) is 0 Å². The largest absolute Gasteiger partial charge is 0.262 e. The normalized spacial score (nSPS) is 14.4. The lowest BCUT2D eigenvalue weighted by atomic mass is 10.1. The van der Waals surface area contributed by atoms with Crippen LogP contribution < -0.4 is 15.6 Å². The highest BCUT2D eigenvalue weighted by Gasteiger charge is 2.26. The molecule has 2 aromatic carbocycles. The van der Waals surface area contributed by atoms with E-state index in [1.807, 2.05) is 16.2 Å². The number of rotatable bonds is 2. The van der Waals surface area contributed by atoms with Crippen molar-refractivity contribution in [2.45, 2.75) is 41.5 Å². The summed E-state index contributed by atoms with van der Waals surface area (Å²) in [6.45, 7) is 12.7. The third-order valence-corrected chi connectivity index (χ3v) is 4.66. The topological polar surface area (TPSA) is 18.5 Å². The van der Waals surface area contributed by atoms with Crippen LogP contribution in [-0.2, 0) is 0 Å². The van der Waals surface area contributed by atoms with Crippen LogP contribution in [0.4, 0.5) is 11.4 Å². The molecule has 1 N–H and O–H groups in total. The van der Waals surface area contributed by atoms with E-state index in [0.29, 0.717) is 5.16 Å². The maximum atomic E-state index is 6.56. The molecule has 24 heavy (non-hydrogen) atoms. The molecule has 0 spiro atoms. The van der Waals surface area contributed by atoms with Gasteiger partial charge >= 0.3 is 0 Å². The average molecular weight is 342 g/mol. The summed E-state index contributed by atoms with van der Waals surface area (Å²) in [6.07, 6.45) is 1.94. The van der Waals surface area contributed by atoms with Crippen molar-refractivity contribution in [1.29, 1.82) is 0 Å². The van der Waals surface area contributed by atoms with Gasteiger partial charge in [0.2, 0.25) is 0 Å². The standard InChI is InChI=1S/C20H24ClN3/c1-12-7-14(3)19(15(4)8-12)23-11-18(21)24(22-23)20-16(5)9-13(2)10-17(20)6/h7-11,22H,1-6H3. The van der Waals surface area contributed by atoms with Crippen molar-refractivity contribution in [2.75, 3.05) is 10.0 Å². The first-order valence-corrected chi connectivity index (χ1v) is 8.54. The molecular weight excluding hydrogens is 318 g/mol. The van der Waals surface area contributed by atoms with Gasteiger partial charge in [-0.25, -0.2) is 5.01 Å². The molecule has 1 heterocycles.